The zero-order chi connectivity index (χ0) is 11.6. The standard InChI is InChI=1S/C8H6Cl2O4S/c1-5-2-3-6(8(9)11)7(4-5)15(12,13)14-10/h2-4H,1H3. The van der Waals surface area contributed by atoms with Crippen LogP contribution in [0.5, 0.6) is 0 Å². The minimum atomic E-state index is -4.14. The lowest BCUT2D eigenvalue weighted by atomic mass is 10.2. The van der Waals surface area contributed by atoms with E-state index in [2.05, 4.69) is 3.74 Å². The minimum absolute atomic E-state index is 0.164. The second-order valence-corrected chi connectivity index (χ2v) is 4.99. The molecule has 1 aromatic rings. The SMILES string of the molecule is Cc1ccc(C(=O)Cl)c(S(=O)(=O)OCl)c1. The third-order valence-corrected chi connectivity index (χ3v) is 3.44. The number of halogens is 2. The van der Waals surface area contributed by atoms with Crippen molar-refractivity contribution in [1.82, 2.24) is 0 Å². The van der Waals surface area contributed by atoms with Crippen LogP contribution in [0.3, 0.4) is 0 Å². The zero-order valence-electron chi connectivity index (χ0n) is 7.53. The molecule has 0 bridgehead atoms. The molecular formula is C8H6Cl2O4S. The summed E-state index contributed by atoms with van der Waals surface area (Å²) in [5.74, 6) is 0. The van der Waals surface area contributed by atoms with Gasteiger partial charge in [-0.3, -0.25) is 4.79 Å². The summed E-state index contributed by atoms with van der Waals surface area (Å²) < 4.78 is 26.4. The highest BCUT2D eigenvalue weighted by Gasteiger charge is 2.22. The summed E-state index contributed by atoms with van der Waals surface area (Å²) in [4.78, 5) is 10.6. The van der Waals surface area contributed by atoms with Gasteiger partial charge in [0, 0.05) is 0 Å². The Hall–Kier alpha value is -0.620. The van der Waals surface area contributed by atoms with E-state index in [1.165, 1.54) is 12.1 Å². The van der Waals surface area contributed by atoms with E-state index in [4.69, 9.17) is 23.5 Å². The Labute approximate surface area is 97.0 Å². The van der Waals surface area contributed by atoms with Gasteiger partial charge in [0.15, 0.2) is 0 Å². The van der Waals surface area contributed by atoms with Crippen molar-refractivity contribution >= 4 is 38.8 Å². The maximum Gasteiger partial charge on any atom is 0.313 e. The molecule has 0 aliphatic heterocycles. The Morgan fingerprint density at radius 1 is 1.40 bits per heavy atom. The first-order valence-electron chi connectivity index (χ1n) is 3.74. The fourth-order valence-electron chi connectivity index (χ4n) is 1.03. The summed E-state index contributed by atoms with van der Waals surface area (Å²) in [7, 11) is -4.14. The van der Waals surface area contributed by atoms with E-state index in [9.17, 15) is 13.2 Å². The van der Waals surface area contributed by atoms with E-state index in [1.54, 1.807) is 13.0 Å². The normalized spacial score (nSPS) is 11.4. The average molecular weight is 269 g/mol. The number of hydrogen-bond donors (Lipinski definition) is 0. The summed E-state index contributed by atoms with van der Waals surface area (Å²) in [6.45, 7) is 1.66. The molecule has 82 valence electrons. The lowest BCUT2D eigenvalue weighted by molar-refractivity contribution is 0.107. The van der Waals surface area contributed by atoms with Crippen molar-refractivity contribution in [1.29, 1.82) is 0 Å². The molecule has 0 atom stereocenters. The fourth-order valence-corrected chi connectivity index (χ4v) is 2.29. The maximum absolute atomic E-state index is 11.3. The highest BCUT2D eigenvalue weighted by atomic mass is 35.5. The van der Waals surface area contributed by atoms with Crippen molar-refractivity contribution in [3.8, 4) is 0 Å². The summed E-state index contributed by atoms with van der Waals surface area (Å²) in [5, 5.41) is -0.887. The summed E-state index contributed by atoms with van der Waals surface area (Å²) in [6, 6.07) is 4.11. The van der Waals surface area contributed by atoms with Gasteiger partial charge in [0.1, 0.15) is 4.90 Å². The molecule has 0 saturated carbocycles. The van der Waals surface area contributed by atoms with Gasteiger partial charge in [0.2, 0.25) is 0 Å². The molecule has 0 radical (unpaired) electrons. The van der Waals surface area contributed by atoms with Crippen LogP contribution in [0.1, 0.15) is 15.9 Å². The van der Waals surface area contributed by atoms with Crippen molar-refractivity contribution in [2.24, 2.45) is 0 Å². The van der Waals surface area contributed by atoms with Crippen molar-refractivity contribution < 1.29 is 16.9 Å². The van der Waals surface area contributed by atoms with Crippen molar-refractivity contribution in [2.75, 3.05) is 0 Å². The Kier molecular flexibility index (Phi) is 3.72. The average Bonchev–Trinajstić information content (AvgIpc) is 2.17. The lowest BCUT2D eigenvalue weighted by Gasteiger charge is -2.04. The predicted octanol–water partition coefficient (Wildman–Crippen LogP) is 2.23. The van der Waals surface area contributed by atoms with E-state index in [1.807, 2.05) is 0 Å². The van der Waals surface area contributed by atoms with Gasteiger partial charge < -0.3 is 0 Å². The minimum Gasteiger partial charge on any atom is -0.276 e. The third kappa shape index (κ3) is 2.69. The molecule has 0 aliphatic carbocycles. The molecule has 1 aromatic carbocycles. The number of hydrogen-bond acceptors (Lipinski definition) is 4. The van der Waals surface area contributed by atoms with Gasteiger partial charge in [-0.25, -0.2) is 0 Å². The molecule has 0 heterocycles. The van der Waals surface area contributed by atoms with Crippen LogP contribution < -0.4 is 0 Å². The Morgan fingerprint density at radius 2 is 2.00 bits per heavy atom. The first-order valence-corrected chi connectivity index (χ1v) is 5.83. The predicted molar refractivity (Wildman–Crippen MR) is 55.5 cm³/mol. The molecule has 7 heteroatoms. The second kappa shape index (κ2) is 4.49. The molecule has 15 heavy (non-hydrogen) atoms. The fraction of sp³-hybridized carbons (Fsp3) is 0.125. The Morgan fingerprint density at radius 3 is 2.47 bits per heavy atom. The van der Waals surface area contributed by atoms with Gasteiger partial charge in [-0.1, -0.05) is 6.07 Å². The van der Waals surface area contributed by atoms with Gasteiger partial charge in [-0.2, -0.15) is 12.2 Å². The second-order valence-electron chi connectivity index (χ2n) is 2.79. The molecule has 0 unspecified atom stereocenters. The maximum atomic E-state index is 11.3. The summed E-state index contributed by atoms with van der Waals surface area (Å²) in [6.07, 6.45) is 0. The molecule has 0 aliphatic rings. The van der Waals surface area contributed by atoms with E-state index in [0.717, 1.165) is 0 Å². The largest absolute Gasteiger partial charge is 0.313 e. The van der Waals surface area contributed by atoms with Gasteiger partial charge >= 0.3 is 10.1 Å². The third-order valence-electron chi connectivity index (χ3n) is 1.70. The Balaban J connectivity index is 3.51. The highest BCUT2D eigenvalue weighted by molar-refractivity contribution is 7.87. The zero-order valence-corrected chi connectivity index (χ0v) is 9.86. The molecule has 0 aromatic heterocycles. The van der Waals surface area contributed by atoms with Crippen LogP contribution in [0, 0.1) is 6.92 Å². The Bertz CT molecular complexity index is 495. The molecule has 4 nitrogen and oxygen atoms in total. The molecule has 0 N–H and O–H groups in total. The molecule has 0 spiro atoms. The number of carbonyl (C=O) groups excluding carboxylic acids is 1. The van der Waals surface area contributed by atoms with Crippen LogP contribution in [0.2, 0.25) is 0 Å². The lowest BCUT2D eigenvalue weighted by Crippen LogP contribution is -2.06. The topological polar surface area (TPSA) is 60.4 Å². The molecular weight excluding hydrogens is 263 g/mol. The monoisotopic (exact) mass is 268 g/mol. The van der Waals surface area contributed by atoms with Crippen LogP contribution in [-0.2, 0) is 13.9 Å². The van der Waals surface area contributed by atoms with Crippen molar-refractivity contribution in [2.45, 2.75) is 11.8 Å². The van der Waals surface area contributed by atoms with Gasteiger partial charge in [0.05, 0.1) is 17.4 Å². The van der Waals surface area contributed by atoms with Gasteiger partial charge in [-0.15, -0.1) is 0 Å². The van der Waals surface area contributed by atoms with Gasteiger partial charge in [-0.05, 0) is 36.2 Å². The number of rotatable bonds is 3. The van der Waals surface area contributed by atoms with E-state index in [-0.39, 0.29) is 10.5 Å². The van der Waals surface area contributed by atoms with E-state index < -0.39 is 15.4 Å². The van der Waals surface area contributed by atoms with E-state index in [0.29, 0.717) is 5.56 Å². The quantitative estimate of drug-likeness (QED) is 0.789. The highest BCUT2D eigenvalue weighted by Crippen LogP contribution is 2.22. The first kappa shape index (κ1) is 12.4. The molecule has 1 rings (SSSR count). The van der Waals surface area contributed by atoms with Crippen LogP contribution >= 0.6 is 23.5 Å². The molecule has 0 saturated heterocycles. The first-order chi connectivity index (χ1) is 6.88. The number of benzene rings is 1. The smallest absolute Gasteiger partial charge is 0.276 e. The van der Waals surface area contributed by atoms with Crippen LogP contribution in [0.4, 0.5) is 0 Å². The summed E-state index contributed by atoms with van der Waals surface area (Å²) >= 11 is 10.0. The number of carbonyl (C=O) groups is 1. The van der Waals surface area contributed by atoms with Crippen LogP contribution in [0.15, 0.2) is 23.1 Å². The summed E-state index contributed by atoms with van der Waals surface area (Å²) in [5.41, 5.74) is 0.479. The molecule has 0 fully saturated rings. The van der Waals surface area contributed by atoms with Crippen LogP contribution in [-0.4, -0.2) is 13.7 Å². The van der Waals surface area contributed by atoms with Gasteiger partial charge in [0.25, 0.3) is 5.24 Å². The van der Waals surface area contributed by atoms with E-state index >= 15 is 0 Å². The van der Waals surface area contributed by atoms with Crippen LogP contribution in [0.25, 0.3) is 0 Å². The van der Waals surface area contributed by atoms with Crippen molar-refractivity contribution in [3.05, 3.63) is 29.3 Å². The number of aryl methyl sites for hydroxylation is 1. The van der Waals surface area contributed by atoms with Crippen molar-refractivity contribution in [3.63, 3.8) is 0 Å². The molecule has 0 amide bonds.